The zero-order valence-electron chi connectivity index (χ0n) is 8.53. The normalized spacial score (nSPS) is 10.1. The Balaban J connectivity index is 2.57. The van der Waals surface area contributed by atoms with E-state index in [1.807, 2.05) is 24.3 Å². The van der Waals surface area contributed by atoms with Gasteiger partial charge in [-0.3, -0.25) is 5.10 Å². The fourth-order valence-electron chi connectivity index (χ4n) is 1.37. The van der Waals surface area contributed by atoms with Crippen molar-refractivity contribution in [2.75, 3.05) is 7.11 Å². The number of benzene rings is 1. The zero-order chi connectivity index (χ0) is 11.5. The summed E-state index contributed by atoms with van der Waals surface area (Å²) in [5.74, 6) is 0.779. The highest BCUT2D eigenvalue weighted by atomic mass is 79.9. The van der Waals surface area contributed by atoms with E-state index in [1.54, 1.807) is 13.2 Å². The van der Waals surface area contributed by atoms with Crippen molar-refractivity contribution in [1.82, 2.24) is 10.2 Å². The summed E-state index contributed by atoms with van der Waals surface area (Å²) in [5, 5.41) is 6.93. The van der Waals surface area contributed by atoms with Gasteiger partial charge < -0.3 is 4.74 Å². The lowest BCUT2D eigenvalue weighted by molar-refractivity contribution is 0.416. The Hall–Kier alpha value is -1.20. The fraction of sp³-hybridized carbons (Fsp3) is 0.0909. The van der Waals surface area contributed by atoms with Crippen molar-refractivity contribution in [3.05, 3.63) is 39.4 Å². The van der Waals surface area contributed by atoms with Crippen molar-refractivity contribution >= 4 is 28.1 Å². The Kier molecular flexibility index (Phi) is 3.36. The standard InChI is InChI=1S/C11H9BrN2OS/c1-15-10-4-2-7(12)6-8(10)9-3-5-11(16)14-13-9/h2-6H,1H3,(H,14,16). The largest absolute Gasteiger partial charge is 0.496 e. The Bertz CT molecular complexity index is 548. The van der Waals surface area contributed by atoms with E-state index in [0.29, 0.717) is 4.64 Å². The van der Waals surface area contributed by atoms with E-state index in [9.17, 15) is 0 Å². The summed E-state index contributed by atoms with van der Waals surface area (Å²) in [7, 11) is 1.64. The second kappa shape index (κ2) is 4.76. The van der Waals surface area contributed by atoms with E-state index < -0.39 is 0 Å². The molecule has 16 heavy (non-hydrogen) atoms. The molecule has 1 N–H and O–H groups in total. The lowest BCUT2D eigenvalue weighted by Gasteiger charge is -2.07. The zero-order valence-corrected chi connectivity index (χ0v) is 10.9. The van der Waals surface area contributed by atoms with Gasteiger partial charge in [-0.2, -0.15) is 5.10 Å². The van der Waals surface area contributed by atoms with Crippen LogP contribution < -0.4 is 4.74 Å². The van der Waals surface area contributed by atoms with Crippen LogP contribution in [0.25, 0.3) is 11.3 Å². The Morgan fingerprint density at radius 1 is 1.31 bits per heavy atom. The van der Waals surface area contributed by atoms with Crippen molar-refractivity contribution in [2.45, 2.75) is 0 Å². The molecule has 0 saturated carbocycles. The predicted molar refractivity (Wildman–Crippen MR) is 69.1 cm³/mol. The quantitative estimate of drug-likeness (QED) is 0.861. The van der Waals surface area contributed by atoms with Crippen LogP contribution in [0.2, 0.25) is 0 Å². The van der Waals surface area contributed by atoms with Crippen LogP contribution in [0, 0.1) is 4.64 Å². The monoisotopic (exact) mass is 296 g/mol. The van der Waals surface area contributed by atoms with Gasteiger partial charge in [0.25, 0.3) is 0 Å². The Morgan fingerprint density at radius 3 is 2.75 bits per heavy atom. The summed E-state index contributed by atoms with van der Waals surface area (Å²) in [6.45, 7) is 0. The molecule has 0 bridgehead atoms. The number of ether oxygens (including phenoxy) is 1. The third kappa shape index (κ3) is 2.31. The molecule has 3 nitrogen and oxygen atoms in total. The summed E-state index contributed by atoms with van der Waals surface area (Å²) < 4.78 is 6.87. The predicted octanol–water partition coefficient (Wildman–Crippen LogP) is 3.58. The second-order valence-corrected chi connectivity index (χ2v) is 4.51. The van der Waals surface area contributed by atoms with Crippen molar-refractivity contribution < 1.29 is 4.74 Å². The first-order valence-electron chi connectivity index (χ1n) is 4.60. The molecule has 0 radical (unpaired) electrons. The lowest BCUT2D eigenvalue weighted by atomic mass is 10.1. The van der Waals surface area contributed by atoms with Crippen LogP contribution in [0.3, 0.4) is 0 Å². The number of rotatable bonds is 2. The smallest absolute Gasteiger partial charge is 0.128 e. The highest BCUT2D eigenvalue weighted by Crippen LogP contribution is 2.30. The topological polar surface area (TPSA) is 37.9 Å². The summed E-state index contributed by atoms with van der Waals surface area (Å²) in [5.41, 5.74) is 1.72. The molecular weight excluding hydrogens is 288 g/mol. The number of halogens is 1. The molecule has 0 amide bonds. The summed E-state index contributed by atoms with van der Waals surface area (Å²) >= 11 is 8.37. The van der Waals surface area contributed by atoms with E-state index in [4.69, 9.17) is 17.0 Å². The van der Waals surface area contributed by atoms with Crippen molar-refractivity contribution in [3.8, 4) is 17.0 Å². The van der Waals surface area contributed by atoms with Crippen LogP contribution in [0.1, 0.15) is 0 Å². The third-order valence-electron chi connectivity index (χ3n) is 2.12. The van der Waals surface area contributed by atoms with Gasteiger partial charge in [-0.15, -0.1) is 0 Å². The maximum absolute atomic E-state index is 5.28. The number of H-pyrrole nitrogens is 1. The number of nitrogens with one attached hydrogen (secondary N) is 1. The van der Waals surface area contributed by atoms with Gasteiger partial charge >= 0.3 is 0 Å². The summed E-state index contributed by atoms with van der Waals surface area (Å²) in [6.07, 6.45) is 0. The van der Waals surface area contributed by atoms with Crippen LogP contribution >= 0.6 is 28.1 Å². The fourth-order valence-corrected chi connectivity index (χ4v) is 1.85. The molecule has 1 aromatic carbocycles. The lowest BCUT2D eigenvalue weighted by Crippen LogP contribution is -1.91. The molecule has 0 spiro atoms. The van der Waals surface area contributed by atoms with Crippen LogP contribution in [0.15, 0.2) is 34.8 Å². The van der Waals surface area contributed by atoms with E-state index in [2.05, 4.69) is 26.1 Å². The minimum absolute atomic E-state index is 0.609. The molecule has 0 aliphatic rings. The SMILES string of the molecule is COc1ccc(Br)cc1-c1ccc(=S)[nH]n1. The average Bonchev–Trinajstić information content (AvgIpc) is 2.30. The molecule has 1 aromatic heterocycles. The minimum Gasteiger partial charge on any atom is -0.496 e. The summed E-state index contributed by atoms with van der Waals surface area (Å²) in [6, 6.07) is 9.44. The van der Waals surface area contributed by atoms with Gasteiger partial charge in [0.2, 0.25) is 0 Å². The Morgan fingerprint density at radius 2 is 2.12 bits per heavy atom. The Labute approximate surface area is 107 Å². The van der Waals surface area contributed by atoms with E-state index >= 15 is 0 Å². The average molecular weight is 297 g/mol. The molecule has 82 valence electrons. The van der Waals surface area contributed by atoms with Gasteiger partial charge in [0, 0.05) is 10.0 Å². The number of aromatic nitrogens is 2. The van der Waals surface area contributed by atoms with E-state index in [1.165, 1.54) is 0 Å². The van der Waals surface area contributed by atoms with Gasteiger partial charge in [-0.25, -0.2) is 0 Å². The van der Waals surface area contributed by atoms with Gasteiger partial charge in [-0.05, 0) is 30.3 Å². The maximum atomic E-state index is 5.28. The first-order chi connectivity index (χ1) is 7.70. The van der Waals surface area contributed by atoms with E-state index in [0.717, 1.165) is 21.5 Å². The molecule has 2 aromatic rings. The highest BCUT2D eigenvalue weighted by Gasteiger charge is 2.07. The van der Waals surface area contributed by atoms with Crippen LogP contribution in [0.5, 0.6) is 5.75 Å². The molecule has 0 fully saturated rings. The van der Waals surface area contributed by atoms with Crippen molar-refractivity contribution in [2.24, 2.45) is 0 Å². The number of nitrogens with zero attached hydrogens (tertiary/aromatic N) is 1. The van der Waals surface area contributed by atoms with Crippen molar-refractivity contribution in [3.63, 3.8) is 0 Å². The molecule has 0 atom stereocenters. The highest BCUT2D eigenvalue weighted by molar-refractivity contribution is 9.10. The number of methoxy groups -OCH3 is 1. The van der Waals surface area contributed by atoms with Gasteiger partial charge in [0.15, 0.2) is 0 Å². The first kappa shape index (κ1) is 11.3. The molecule has 5 heteroatoms. The van der Waals surface area contributed by atoms with Crippen LogP contribution in [0.4, 0.5) is 0 Å². The van der Waals surface area contributed by atoms with Gasteiger partial charge in [0.05, 0.1) is 12.8 Å². The second-order valence-electron chi connectivity index (χ2n) is 3.15. The van der Waals surface area contributed by atoms with E-state index in [-0.39, 0.29) is 0 Å². The number of aromatic amines is 1. The summed E-state index contributed by atoms with van der Waals surface area (Å²) in [4.78, 5) is 0. The molecule has 0 saturated heterocycles. The van der Waals surface area contributed by atoms with Crippen LogP contribution in [-0.2, 0) is 0 Å². The maximum Gasteiger partial charge on any atom is 0.128 e. The minimum atomic E-state index is 0.609. The van der Waals surface area contributed by atoms with Crippen molar-refractivity contribution in [1.29, 1.82) is 0 Å². The third-order valence-corrected chi connectivity index (χ3v) is 2.84. The van der Waals surface area contributed by atoms with Gasteiger partial charge in [-0.1, -0.05) is 28.1 Å². The number of hydrogen-bond acceptors (Lipinski definition) is 3. The molecular formula is C11H9BrN2OS. The molecule has 0 unspecified atom stereocenters. The molecule has 0 aliphatic carbocycles. The first-order valence-corrected chi connectivity index (χ1v) is 5.80. The molecule has 2 rings (SSSR count). The van der Waals surface area contributed by atoms with Crippen LogP contribution in [-0.4, -0.2) is 17.3 Å². The van der Waals surface area contributed by atoms with Gasteiger partial charge in [0.1, 0.15) is 10.4 Å². The number of hydrogen-bond donors (Lipinski definition) is 1. The molecule has 1 heterocycles. The molecule has 0 aliphatic heterocycles.